The summed E-state index contributed by atoms with van der Waals surface area (Å²) in [5.74, 6) is -5.35. The van der Waals surface area contributed by atoms with Gasteiger partial charge in [-0.2, -0.15) is 0 Å². The molecule has 0 aromatic heterocycles. The zero-order valence-electron chi connectivity index (χ0n) is 69.7. The molecule has 0 N–H and O–H groups in total. The molecule has 5 aromatic rings. The molecule has 1 saturated carbocycles. The number of piperidine rings is 3. The number of esters is 2. The molecule has 123 heavy (non-hydrogen) atoms. The van der Waals surface area contributed by atoms with Crippen LogP contribution < -0.4 is 28.4 Å². The molecular weight excluding hydrogens is 1580 g/mol. The van der Waals surface area contributed by atoms with E-state index < -0.39 is 94.5 Å². The number of aryl methyl sites for hydroxylation is 1. The number of hydrogen-bond donors (Lipinski definition) is 0. The number of amides is 7. The molecule has 7 atom stereocenters. The van der Waals surface area contributed by atoms with Crippen molar-refractivity contribution in [1.82, 2.24) is 29.4 Å². The molecule has 7 aliphatic rings. The van der Waals surface area contributed by atoms with Gasteiger partial charge in [-0.05, 0) is 144 Å². The molecule has 12 rings (SSSR count). The Morgan fingerprint density at radius 3 is 1.40 bits per heavy atom. The average Bonchev–Trinajstić information content (AvgIpc) is 1.59. The number of rotatable bonds is 38. The summed E-state index contributed by atoms with van der Waals surface area (Å²) in [7, 11) is 9.99. The number of likely N-dealkylation sites (tertiary alicyclic amines) is 3. The topological polar surface area (TPSA) is 326 Å². The molecule has 6 heterocycles. The third-order valence-electron chi connectivity index (χ3n) is 23.2. The lowest BCUT2D eigenvalue weighted by Gasteiger charge is -2.50. The summed E-state index contributed by atoms with van der Waals surface area (Å²) in [5, 5.41) is 0. The van der Waals surface area contributed by atoms with Gasteiger partial charge in [0.2, 0.25) is 29.1 Å². The highest BCUT2D eigenvalue weighted by Crippen LogP contribution is 2.44. The Hall–Kier alpha value is -11.3. The van der Waals surface area contributed by atoms with E-state index in [9.17, 15) is 57.5 Å². The first-order chi connectivity index (χ1) is 58.1. The smallest absolute Gasteiger partial charge is 0.332 e. The first kappa shape index (κ1) is 98.8. The second kappa shape index (κ2) is 47.9. The molecule has 0 radical (unpaired) electrons. The number of allylic oxidation sites excluding steroid dienone is 2. The number of carbonyl (C=O) groups excluding carboxylic acids is 12. The third-order valence-corrected chi connectivity index (χ3v) is 23.2. The highest BCUT2D eigenvalue weighted by Gasteiger charge is 2.55. The number of methoxy groups -OCH3 is 7. The number of carbonyl (C=O) groups is 12. The van der Waals surface area contributed by atoms with Gasteiger partial charge in [-0.3, -0.25) is 57.6 Å². The lowest BCUT2D eigenvalue weighted by Crippen LogP contribution is -2.68. The zero-order chi connectivity index (χ0) is 86.0. The number of piperazine rings is 3. The third kappa shape index (κ3) is 24.2. The van der Waals surface area contributed by atoms with Gasteiger partial charge in [-0.25, -0.2) is 4.79 Å². The standard InChI is InChI=1S/C36H48N2O9.C28H32N2O7.C27H32N2O7.3CH4/c1-4-12-27(13-5-2)35(43)46-23-29(45-22-26-14-7-6-8-15-26)21-37-20-28-16-11-17-30(33(37)41)38(28)34(42)32(40)36(18-9-10-19-36)25-47-31(39)24-44-3;1-35-22-16-19(17-23(36-2)25(22)37-3)24(31)28(34)30-20-13-9-14-21(30)27(33)29(26(20)32)15-8-7-12-18-10-5-4-6-11-18;1-33-22-14-19(15-23(34-2)25(22)35-3)24(30)27(32)29-20-10-7-11-21(29)26(31)28(16-20)12-13-36-17-18-8-5-4-6-9-18;;;/h4-8,14-15,27-30H,1-2,9-13,16-25H2,3H3;4-6,10-11,16-17,20-21H,7-9,12-15H2,1-3H3;4-6,8-9,14-15,20-21H,7,10-13,16-17H2,1-3H3;3*1H4/t28?,29-,30?;;;;;/m1...../s1. The number of ether oxygens (including phenoxy) is 11. The van der Waals surface area contributed by atoms with E-state index in [4.69, 9.17) is 52.1 Å². The van der Waals surface area contributed by atoms with Crippen molar-refractivity contribution in [1.29, 1.82) is 0 Å². The van der Waals surface area contributed by atoms with E-state index in [1.165, 1.54) is 99.2 Å². The molecule has 668 valence electrons. The van der Waals surface area contributed by atoms with E-state index in [0.29, 0.717) is 109 Å². The Morgan fingerprint density at radius 1 is 0.488 bits per heavy atom. The number of hydrogen-bond acceptors (Lipinski definition) is 23. The van der Waals surface area contributed by atoms with E-state index >= 15 is 0 Å². The molecule has 5 aromatic carbocycles. The van der Waals surface area contributed by atoms with Crippen molar-refractivity contribution in [2.75, 3.05) is 109 Å². The zero-order valence-corrected chi connectivity index (χ0v) is 69.7. The first-order valence-corrected chi connectivity index (χ1v) is 41.1. The van der Waals surface area contributed by atoms with Crippen LogP contribution in [0, 0.1) is 11.3 Å². The average molecular weight is 1710 g/mol. The Balaban J connectivity index is 0.000000253. The maximum atomic E-state index is 13.9. The molecule has 7 amide bonds. The van der Waals surface area contributed by atoms with Crippen molar-refractivity contribution in [3.63, 3.8) is 0 Å². The van der Waals surface area contributed by atoms with Crippen LogP contribution in [0.5, 0.6) is 34.5 Å². The van der Waals surface area contributed by atoms with Crippen molar-refractivity contribution >= 4 is 70.6 Å². The molecule has 7 fully saturated rings. The minimum atomic E-state index is -1.09. The molecule has 29 heteroatoms. The minimum Gasteiger partial charge on any atom is -0.493 e. The Labute approximate surface area is 722 Å². The largest absolute Gasteiger partial charge is 0.493 e. The number of ketones is 3. The molecular formula is C94H124N6O23. The molecule has 6 unspecified atom stereocenters. The molecule has 1 aliphatic carbocycles. The van der Waals surface area contributed by atoms with Crippen molar-refractivity contribution < 1.29 is 110 Å². The van der Waals surface area contributed by atoms with Crippen molar-refractivity contribution in [2.24, 2.45) is 11.3 Å². The maximum absolute atomic E-state index is 13.9. The van der Waals surface area contributed by atoms with Crippen LogP contribution in [0.3, 0.4) is 0 Å². The Kier molecular flexibility index (Phi) is 38.5. The lowest BCUT2D eigenvalue weighted by atomic mass is 9.80. The van der Waals surface area contributed by atoms with Crippen LogP contribution in [-0.2, 0) is 91.3 Å². The number of imide groups is 1. The van der Waals surface area contributed by atoms with Crippen LogP contribution >= 0.6 is 0 Å². The van der Waals surface area contributed by atoms with Crippen LogP contribution in [0.1, 0.15) is 169 Å². The number of fused-ring (bicyclic) bond motifs is 6. The summed E-state index contributed by atoms with van der Waals surface area (Å²) in [6.07, 6.45) is 13.8. The van der Waals surface area contributed by atoms with Crippen LogP contribution in [0.2, 0.25) is 0 Å². The fourth-order valence-corrected chi connectivity index (χ4v) is 17.0. The predicted octanol–water partition coefficient (Wildman–Crippen LogP) is 11.4. The van der Waals surface area contributed by atoms with Gasteiger partial charge in [0.15, 0.2) is 23.0 Å². The van der Waals surface area contributed by atoms with Crippen molar-refractivity contribution in [2.45, 2.75) is 193 Å². The Bertz CT molecular complexity index is 4360. The second-order valence-corrected chi connectivity index (χ2v) is 30.8. The summed E-state index contributed by atoms with van der Waals surface area (Å²) in [6.45, 7) is 9.66. The minimum absolute atomic E-state index is 0. The van der Waals surface area contributed by atoms with E-state index in [-0.39, 0.29) is 132 Å². The van der Waals surface area contributed by atoms with Crippen LogP contribution in [0.25, 0.3) is 0 Å². The normalized spacial score (nSPS) is 19.3. The fraction of sp³-hybridized carbons (Fsp3) is 0.511. The molecule has 29 nitrogen and oxygen atoms in total. The first-order valence-electron chi connectivity index (χ1n) is 41.1. The van der Waals surface area contributed by atoms with Gasteiger partial charge in [-0.1, -0.05) is 138 Å². The van der Waals surface area contributed by atoms with E-state index in [0.717, 1.165) is 56.1 Å². The summed E-state index contributed by atoms with van der Waals surface area (Å²) in [4.78, 5) is 169. The van der Waals surface area contributed by atoms with Gasteiger partial charge in [0.1, 0.15) is 50.1 Å². The molecule has 6 aliphatic heterocycles. The van der Waals surface area contributed by atoms with Crippen molar-refractivity contribution in [3.05, 3.63) is 168 Å². The predicted molar refractivity (Wildman–Crippen MR) is 459 cm³/mol. The van der Waals surface area contributed by atoms with Crippen LogP contribution in [-0.4, -0.2) is 251 Å². The highest BCUT2D eigenvalue weighted by atomic mass is 16.6. The van der Waals surface area contributed by atoms with Crippen molar-refractivity contribution in [3.8, 4) is 34.5 Å². The van der Waals surface area contributed by atoms with Gasteiger partial charge in [0.05, 0.1) is 92.4 Å². The second-order valence-electron chi connectivity index (χ2n) is 30.8. The quantitative estimate of drug-likeness (QED) is 0.00885. The van der Waals surface area contributed by atoms with Gasteiger partial charge in [-0.15, -0.1) is 13.2 Å². The van der Waals surface area contributed by atoms with Gasteiger partial charge in [0, 0.05) is 44.4 Å². The van der Waals surface area contributed by atoms with Gasteiger partial charge < -0.3 is 76.6 Å². The highest BCUT2D eigenvalue weighted by molar-refractivity contribution is 6.44. The van der Waals surface area contributed by atoms with E-state index in [1.54, 1.807) is 22.0 Å². The van der Waals surface area contributed by atoms with Gasteiger partial charge >= 0.3 is 11.9 Å². The molecule has 6 bridgehead atoms. The fourth-order valence-electron chi connectivity index (χ4n) is 17.0. The van der Waals surface area contributed by atoms with E-state index in [2.05, 4.69) is 25.3 Å². The Morgan fingerprint density at radius 2 is 0.927 bits per heavy atom. The van der Waals surface area contributed by atoms with Crippen LogP contribution in [0.4, 0.5) is 0 Å². The van der Waals surface area contributed by atoms with Crippen LogP contribution in [0.15, 0.2) is 141 Å². The lowest BCUT2D eigenvalue weighted by molar-refractivity contribution is -0.169. The molecule has 0 spiro atoms. The summed E-state index contributed by atoms with van der Waals surface area (Å²) in [5.41, 5.74) is 2.27. The number of benzene rings is 5. The summed E-state index contributed by atoms with van der Waals surface area (Å²) < 4.78 is 59.7. The van der Waals surface area contributed by atoms with Gasteiger partial charge in [0.25, 0.3) is 41.1 Å². The monoisotopic (exact) mass is 1700 g/mol. The van der Waals surface area contributed by atoms with E-state index in [1.807, 2.05) is 78.9 Å². The maximum Gasteiger partial charge on any atom is 0.332 e. The number of Topliss-reactive ketones (excluding diaryl/α,β-unsaturated/α-hetero) is 3. The SMILES string of the molecule is C.C.C.C=CCC(CC=C)C(=O)OC[C@@H](CN1CC2CCCC(C1=O)N2C(=O)C(=O)C1(COC(=O)COC)CCCC1)OCc1ccccc1.COc1cc(C(=O)C(=O)N2C3CCCC2C(=O)N(CCCCc2ccccc2)C3=O)cc(OC)c1OC.COc1cc(C(=O)C(=O)N2C3CCCC2C(=O)N(CCOCc2ccccc2)C3)cc(OC)c1OC. The number of unbranched alkanes of at least 4 members (excludes halogenated alkanes) is 1. The summed E-state index contributed by atoms with van der Waals surface area (Å²) in [6, 6.07) is 31.5. The number of nitrogens with zero attached hydrogens (tertiary/aromatic N) is 6. The summed E-state index contributed by atoms with van der Waals surface area (Å²) >= 11 is 0. The molecule has 6 saturated heterocycles.